The van der Waals surface area contributed by atoms with Crippen molar-refractivity contribution in [3.63, 3.8) is 0 Å². The summed E-state index contributed by atoms with van der Waals surface area (Å²) in [5, 5.41) is 5.36. The molecule has 0 radical (unpaired) electrons. The summed E-state index contributed by atoms with van der Waals surface area (Å²) in [7, 11) is 0. The predicted octanol–water partition coefficient (Wildman–Crippen LogP) is 1.59. The third-order valence-electron chi connectivity index (χ3n) is 3.64. The van der Waals surface area contributed by atoms with E-state index in [1.165, 1.54) is 12.7 Å². The minimum Gasteiger partial charge on any atom is -0.467 e. The van der Waals surface area contributed by atoms with Crippen LogP contribution in [0.1, 0.15) is 38.4 Å². The molecular formula is C14H20N2O3. The highest BCUT2D eigenvalue weighted by Crippen LogP contribution is 2.23. The highest BCUT2D eigenvalue weighted by Gasteiger charge is 2.25. The molecule has 2 rings (SSSR count). The van der Waals surface area contributed by atoms with Gasteiger partial charge < -0.3 is 15.1 Å². The van der Waals surface area contributed by atoms with Gasteiger partial charge in [-0.2, -0.15) is 0 Å². The fraction of sp³-hybridized carbons (Fsp3) is 0.571. The van der Waals surface area contributed by atoms with Crippen LogP contribution in [0, 0.1) is 5.92 Å². The minimum absolute atomic E-state index is 0.121. The molecule has 19 heavy (non-hydrogen) atoms. The predicted molar refractivity (Wildman–Crippen MR) is 70.1 cm³/mol. The molecule has 1 aliphatic rings. The van der Waals surface area contributed by atoms with E-state index >= 15 is 0 Å². The fourth-order valence-corrected chi connectivity index (χ4v) is 2.43. The summed E-state index contributed by atoms with van der Waals surface area (Å²) in [6.07, 6.45) is 5.92. The molecule has 2 amide bonds. The molecule has 1 heterocycles. The lowest BCUT2D eigenvalue weighted by Gasteiger charge is -2.29. The summed E-state index contributed by atoms with van der Waals surface area (Å²) in [6.45, 7) is 2.35. The normalized spacial score (nSPS) is 22.8. The van der Waals surface area contributed by atoms with Gasteiger partial charge in [-0.05, 0) is 30.9 Å². The Kier molecular flexibility index (Phi) is 4.60. The first-order valence-corrected chi connectivity index (χ1v) is 6.78. The summed E-state index contributed by atoms with van der Waals surface area (Å²) < 4.78 is 5.08. The Bertz CT molecular complexity index is 428. The van der Waals surface area contributed by atoms with Crippen molar-refractivity contribution in [2.24, 2.45) is 5.92 Å². The number of nitrogens with one attached hydrogen (secondary N) is 2. The van der Waals surface area contributed by atoms with E-state index in [4.69, 9.17) is 4.42 Å². The van der Waals surface area contributed by atoms with Crippen molar-refractivity contribution in [3.05, 3.63) is 24.2 Å². The van der Waals surface area contributed by atoms with Crippen LogP contribution < -0.4 is 10.6 Å². The van der Waals surface area contributed by atoms with Gasteiger partial charge in [0, 0.05) is 6.04 Å². The van der Waals surface area contributed by atoms with E-state index in [0.29, 0.717) is 11.7 Å². The zero-order valence-electron chi connectivity index (χ0n) is 11.1. The van der Waals surface area contributed by atoms with Crippen LogP contribution in [-0.4, -0.2) is 17.9 Å². The maximum atomic E-state index is 11.8. The summed E-state index contributed by atoms with van der Waals surface area (Å²) in [4.78, 5) is 23.4. The van der Waals surface area contributed by atoms with Crippen molar-refractivity contribution in [3.8, 4) is 0 Å². The van der Waals surface area contributed by atoms with Crippen molar-refractivity contribution < 1.29 is 14.0 Å². The van der Waals surface area contributed by atoms with Crippen molar-refractivity contribution in [2.75, 3.05) is 0 Å². The van der Waals surface area contributed by atoms with Gasteiger partial charge in [-0.15, -0.1) is 0 Å². The third kappa shape index (κ3) is 3.84. The molecule has 1 fully saturated rings. The second-order valence-corrected chi connectivity index (χ2v) is 5.10. The van der Waals surface area contributed by atoms with Crippen LogP contribution in [0.3, 0.4) is 0 Å². The molecule has 2 unspecified atom stereocenters. The number of carbonyl (C=O) groups is 2. The highest BCUT2D eigenvalue weighted by molar-refractivity contribution is 6.35. The second-order valence-electron chi connectivity index (χ2n) is 5.10. The molecule has 0 aromatic carbocycles. The summed E-state index contributed by atoms with van der Waals surface area (Å²) >= 11 is 0. The lowest BCUT2D eigenvalue weighted by molar-refractivity contribution is -0.140. The molecule has 0 saturated heterocycles. The van der Waals surface area contributed by atoms with E-state index in [0.717, 1.165) is 19.3 Å². The molecule has 2 N–H and O–H groups in total. The van der Waals surface area contributed by atoms with Gasteiger partial charge in [-0.25, -0.2) is 0 Å². The molecule has 5 heteroatoms. The quantitative estimate of drug-likeness (QED) is 0.814. The average molecular weight is 264 g/mol. The van der Waals surface area contributed by atoms with Crippen LogP contribution in [0.15, 0.2) is 22.8 Å². The molecule has 2 atom stereocenters. The van der Waals surface area contributed by atoms with Crippen LogP contribution in [0.5, 0.6) is 0 Å². The lowest BCUT2D eigenvalue weighted by atomic mass is 9.86. The molecule has 0 spiro atoms. The molecule has 5 nitrogen and oxygen atoms in total. The van der Waals surface area contributed by atoms with E-state index in [-0.39, 0.29) is 12.6 Å². The Morgan fingerprint density at radius 3 is 2.79 bits per heavy atom. The van der Waals surface area contributed by atoms with Gasteiger partial charge in [0.2, 0.25) is 0 Å². The Hall–Kier alpha value is -1.78. The number of rotatable bonds is 3. The first kappa shape index (κ1) is 13.6. The van der Waals surface area contributed by atoms with Crippen molar-refractivity contribution in [1.29, 1.82) is 0 Å². The summed E-state index contributed by atoms with van der Waals surface area (Å²) in [6, 6.07) is 3.61. The van der Waals surface area contributed by atoms with Crippen LogP contribution in [0.25, 0.3) is 0 Å². The van der Waals surface area contributed by atoms with Crippen LogP contribution in [0.4, 0.5) is 0 Å². The Labute approximate surface area is 112 Å². The third-order valence-corrected chi connectivity index (χ3v) is 3.64. The van der Waals surface area contributed by atoms with Crippen molar-refractivity contribution in [2.45, 2.75) is 45.2 Å². The van der Waals surface area contributed by atoms with Crippen molar-refractivity contribution in [1.82, 2.24) is 10.6 Å². The van der Waals surface area contributed by atoms with Gasteiger partial charge in [-0.3, -0.25) is 9.59 Å². The van der Waals surface area contributed by atoms with Gasteiger partial charge in [0.25, 0.3) is 0 Å². The number of hydrogen-bond donors (Lipinski definition) is 2. The van der Waals surface area contributed by atoms with Crippen LogP contribution >= 0.6 is 0 Å². The Morgan fingerprint density at radius 2 is 2.11 bits per heavy atom. The largest absolute Gasteiger partial charge is 0.467 e. The number of carbonyl (C=O) groups excluding carboxylic acids is 2. The number of hydrogen-bond acceptors (Lipinski definition) is 3. The van der Waals surface area contributed by atoms with Crippen LogP contribution in [0.2, 0.25) is 0 Å². The lowest BCUT2D eigenvalue weighted by Crippen LogP contribution is -2.47. The topological polar surface area (TPSA) is 71.3 Å². The van der Waals surface area contributed by atoms with Gasteiger partial charge in [-0.1, -0.05) is 19.8 Å². The van der Waals surface area contributed by atoms with E-state index in [1.807, 2.05) is 0 Å². The zero-order chi connectivity index (χ0) is 13.7. The Balaban J connectivity index is 1.77. The van der Waals surface area contributed by atoms with E-state index < -0.39 is 11.8 Å². The minimum atomic E-state index is -0.603. The van der Waals surface area contributed by atoms with E-state index in [9.17, 15) is 9.59 Å². The van der Waals surface area contributed by atoms with Gasteiger partial charge in [0.1, 0.15) is 5.76 Å². The highest BCUT2D eigenvalue weighted by atomic mass is 16.3. The standard InChI is InChI=1S/C14H20N2O3/c1-10-5-2-3-7-12(10)16-14(18)13(17)15-9-11-6-4-8-19-11/h4,6,8,10,12H,2-3,5,7,9H2,1H3,(H,15,17)(H,16,18). The van der Waals surface area contributed by atoms with Crippen LogP contribution in [-0.2, 0) is 16.1 Å². The first-order chi connectivity index (χ1) is 9.16. The number of furan rings is 1. The molecule has 0 bridgehead atoms. The van der Waals surface area contributed by atoms with Gasteiger partial charge in [0.15, 0.2) is 0 Å². The second kappa shape index (κ2) is 6.41. The van der Waals surface area contributed by atoms with Gasteiger partial charge in [0.05, 0.1) is 12.8 Å². The molecule has 1 aromatic heterocycles. The first-order valence-electron chi connectivity index (χ1n) is 6.78. The maximum absolute atomic E-state index is 11.8. The molecule has 1 aliphatic carbocycles. The average Bonchev–Trinajstić information content (AvgIpc) is 2.91. The zero-order valence-corrected chi connectivity index (χ0v) is 11.1. The van der Waals surface area contributed by atoms with E-state index in [2.05, 4.69) is 17.6 Å². The molecule has 0 aliphatic heterocycles. The molecular weight excluding hydrogens is 244 g/mol. The monoisotopic (exact) mass is 264 g/mol. The number of amides is 2. The Morgan fingerprint density at radius 1 is 1.32 bits per heavy atom. The SMILES string of the molecule is CC1CCCCC1NC(=O)C(=O)NCc1ccco1. The maximum Gasteiger partial charge on any atom is 0.309 e. The van der Waals surface area contributed by atoms with Gasteiger partial charge >= 0.3 is 11.8 Å². The summed E-state index contributed by atoms with van der Waals surface area (Å²) in [5.41, 5.74) is 0. The fourth-order valence-electron chi connectivity index (χ4n) is 2.43. The molecule has 1 aromatic rings. The smallest absolute Gasteiger partial charge is 0.309 e. The molecule has 1 saturated carbocycles. The van der Waals surface area contributed by atoms with E-state index in [1.54, 1.807) is 12.1 Å². The molecule has 104 valence electrons. The summed E-state index contributed by atoms with van der Waals surface area (Å²) in [5.74, 6) is -0.0813. The van der Waals surface area contributed by atoms with Crippen molar-refractivity contribution >= 4 is 11.8 Å².